The largest absolute Gasteiger partial charge is 0.492 e. The molecule has 0 saturated heterocycles. The van der Waals surface area contributed by atoms with Crippen molar-refractivity contribution in [1.29, 1.82) is 0 Å². The molecule has 0 saturated carbocycles. The van der Waals surface area contributed by atoms with E-state index in [1.807, 2.05) is 48.3 Å². The molecule has 1 aromatic heterocycles. The van der Waals surface area contributed by atoms with Gasteiger partial charge in [-0.15, -0.1) is 0 Å². The number of carbonyl (C=O) groups is 1. The van der Waals surface area contributed by atoms with E-state index in [0.717, 1.165) is 22.2 Å². The third-order valence-electron chi connectivity index (χ3n) is 3.84. The highest BCUT2D eigenvalue weighted by molar-refractivity contribution is 6.30. The van der Waals surface area contributed by atoms with Crippen molar-refractivity contribution in [3.63, 3.8) is 0 Å². The van der Waals surface area contributed by atoms with Crippen molar-refractivity contribution < 1.29 is 9.53 Å². The summed E-state index contributed by atoms with van der Waals surface area (Å²) < 4.78 is 5.66. The summed E-state index contributed by atoms with van der Waals surface area (Å²) in [4.78, 5) is 17.6. The summed E-state index contributed by atoms with van der Waals surface area (Å²) in [5, 5.41) is 1.61. The van der Waals surface area contributed by atoms with Crippen LogP contribution in [0.4, 0.5) is 0 Å². The first-order chi connectivity index (χ1) is 11.6. The van der Waals surface area contributed by atoms with Crippen LogP contribution in [0.1, 0.15) is 10.4 Å². The Hall–Kier alpha value is -2.30. The number of para-hydroxylation sites is 1. The predicted octanol–water partition coefficient (Wildman–Crippen LogP) is 4.01. The van der Waals surface area contributed by atoms with Gasteiger partial charge in [-0.05, 0) is 31.3 Å². The summed E-state index contributed by atoms with van der Waals surface area (Å²) in [7, 11) is 1.91. The van der Waals surface area contributed by atoms with Gasteiger partial charge in [0.2, 0.25) is 0 Å². The van der Waals surface area contributed by atoms with Gasteiger partial charge in [-0.3, -0.25) is 9.69 Å². The lowest BCUT2D eigenvalue weighted by molar-refractivity contribution is 0.0940. The Morgan fingerprint density at radius 1 is 1.21 bits per heavy atom. The van der Waals surface area contributed by atoms with E-state index in [0.29, 0.717) is 24.7 Å². The molecule has 24 heavy (non-hydrogen) atoms. The number of ketones is 1. The highest BCUT2D eigenvalue weighted by Gasteiger charge is 2.13. The Labute approximate surface area is 146 Å². The molecule has 0 fully saturated rings. The molecule has 2 aromatic carbocycles. The number of ether oxygens (including phenoxy) is 1. The van der Waals surface area contributed by atoms with Crippen molar-refractivity contribution in [2.24, 2.45) is 0 Å². The number of fused-ring (bicyclic) bond motifs is 1. The molecule has 124 valence electrons. The zero-order chi connectivity index (χ0) is 16.9. The molecule has 0 aliphatic heterocycles. The molecule has 0 aliphatic rings. The maximum atomic E-state index is 12.5. The lowest BCUT2D eigenvalue weighted by Gasteiger charge is -2.16. The fourth-order valence-electron chi connectivity index (χ4n) is 2.59. The number of rotatable bonds is 7. The molecule has 1 N–H and O–H groups in total. The van der Waals surface area contributed by atoms with Gasteiger partial charge in [-0.25, -0.2) is 0 Å². The van der Waals surface area contributed by atoms with E-state index in [1.54, 1.807) is 18.3 Å². The predicted molar refractivity (Wildman–Crippen MR) is 97.1 cm³/mol. The average molecular weight is 343 g/mol. The van der Waals surface area contributed by atoms with E-state index in [1.165, 1.54) is 0 Å². The number of nitrogens with one attached hydrogen (secondary N) is 1. The number of hydrogen-bond donors (Lipinski definition) is 1. The minimum atomic E-state index is 0.0951. The molecule has 4 nitrogen and oxygen atoms in total. The number of aromatic nitrogens is 1. The standard InChI is InChI=1S/C19H19ClN2O2/c1-22(9-10-24-15-6-4-5-14(20)11-15)13-19(23)17-12-21-18-8-3-2-7-16(17)18/h2-8,11-12,21H,9-10,13H2,1H3. The number of carbonyl (C=O) groups excluding carboxylic acids is 1. The lowest BCUT2D eigenvalue weighted by atomic mass is 10.1. The summed E-state index contributed by atoms with van der Waals surface area (Å²) in [6, 6.07) is 15.1. The Kier molecular flexibility index (Phi) is 5.18. The molecular weight excluding hydrogens is 324 g/mol. The van der Waals surface area contributed by atoms with Crippen LogP contribution in [0.3, 0.4) is 0 Å². The minimum Gasteiger partial charge on any atom is -0.492 e. The number of hydrogen-bond acceptors (Lipinski definition) is 3. The number of aromatic amines is 1. The smallest absolute Gasteiger partial charge is 0.178 e. The first kappa shape index (κ1) is 16.6. The Balaban J connectivity index is 1.53. The number of likely N-dealkylation sites (N-methyl/N-ethyl adjacent to an activating group) is 1. The van der Waals surface area contributed by atoms with Crippen LogP contribution in [0, 0.1) is 0 Å². The Morgan fingerprint density at radius 3 is 2.88 bits per heavy atom. The molecule has 0 unspecified atom stereocenters. The Bertz CT molecular complexity index is 844. The van der Waals surface area contributed by atoms with Gasteiger partial charge in [0.15, 0.2) is 5.78 Å². The fraction of sp³-hybridized carbons (Fsp3) is 0.211. The first-order valence-corrected chi connectivity index (χ1v) is 8.17. The molecule has 0 spiro atoms. The summed E-state index contributed by atoms with van der Waals surface area (Å²) in [6.45, 7) is 1.50. The lowest BCUT2D eigenvalue weighted by Crippen LogP contribution is -2.29. The molecule has 0 amide bonds. The van der Waals surface area contributed by atoms with E-state index in [2.05, 4.69) is 4.98 Å². The average Bonchev–Trinajstić information content (AvgIpc) is 2.99. The van der Waals surface area contributed by atoms with E-state index < -0.39 is 0 Å². The van der Waals surface area contributed by atoms with Gasteiger partial charge in [0.1, 0.15) is 12.4 Å². The van der Waals surface area contributed by atoms with Gasteiger partial charge < -0.3 is 9.72 Å². The number of nitrogens with zero attached hydrogens (tertiary/aromatic N) is 1. The van der Waals surface area contributed by atoms with Gasteiger partial charge in [-0.1, -0.05) is 35.9 Å². The molecule has 3 aromatic rings. The summed E-state index contributed by atoms with van der Waals surface area (Å²) in [6.07, 6.45) is 1.78. The van der Waals surface area contributed by atoms with Crippen molar-refractivity contribution in [3.05, 3.63) is 65.3 Å². The quantitative estimate of drug-likeness (QED) is 0.660. The van der Waals surface area contributed by atoms with Crippen LogP contribution >= 0.6 is 11.6 Å². The van der Waals surface area contributed by atoms with Gasteiger partial charge in [0.25, 0.3) is 0 Å². The number of H-pyrrole nitrogens is 1. The third-order valence-corrected chi connectivity index (χ3v) is 4.08. The third kappa shape index (κ3) is 3.96. The topological polar surface area (TPSA) is 45.3 Å². The molecule has 0 radical (unpaired) electrons. The first-order valence-electron chi connectivity index (χ1n) is 7.80. The van der Waals surface area contributed by atoms with Crippen LogP contribution in [0.15, 0.2) is 54.7 Å². The molecule has 0 bridgehead atoms. The maximum absolute atomic E-state index is 12.5. The SMILES string of the molecule is CN(CCOc1cccc(Cl)c1)CC(=O)c1c[nH]c2ccccc12. The molecular formula is C19H19ClN2O2. The van der Waals surface area contributed by atoms with E-state index in [-0.39, 0.29) is 5.78 Å². The molecule has 5 heteroatoms. The second kappa shape index (κ2) is 7.51. The molecule has 0 atom stereocenters. The number of Topliss-reactive ketones (excluding diaryl/α,β-unsaturated/α-hetero) is 1. The van der Waals surface area contributed by atoms with Crippen LogP contribution in [0.5, 0.6) is 5.75 Å². The molecule has 0 aliphatic carbocycles. The summed E-state index contributed by atoms with van der Waals surface area (Å²) in [5.41, 5.74) is 1.71. The second-order valence-corrected chi connectivity index (χ2v) is 6.15. The van der Waals surface area contributed by atoms with Gasteiger partial charge >= 0.3 is 0 Å². The number of benzene rings is 2. The number of halogens is 1. The zero-order valence-electron chi connectivity index (χ0n) is 13.5. The normalized spacial score (nSPS) is 11.1. The van der Waals surface area contributed by atoms with E-state index in [9.17, 15) is 4.79 Å². The van der Waals surface area contributed by atoms with Crippen molar-refractivity contribution >= 4 is 28.3 Å². The summed E-state index contributed by atoms with van der Waals surface area (Å²) >= 11 is 5.92. The van der Waals surface area contributed by atoms with Crippen LogP contribution in [0.25, 0.3) is 10.9 Å². The molecule has 3 rings (SSSR count). The van der Waals surface area contributed by atoms with Crippen LogP contribution in [0.2, 0.25) is 5.02 Å². The van der Waals surface area contributed by atoms with E-state index >= 15 is 0 Å². The Morgan fingerprint density at radius 2 is 2.04 bits per heavy atom. The van der Waals surface area contributed by atoms with Crippen LogP contribution in [-0.4, -0.2) is 42.4 Å². The van der Waals surface area contributed by atoms with Gasteiger partial charge in [0, 0.05) is 34.2 Å². The van der Waals surface area contributed by atoms with Crippen LogP contribution < -0.4 is 4.74 Å². The monoisotopic (exact) mass is 342 g/mol. The minimum absolute atomic E-state index is 0.0951. The summed E-state index contributed by atoms with van der Waals surface area (Å²) in [5.74, 6) is 0.830. The maximum Gasteiger partial charge on any atom is 0.178 e. The highest BCUT2D eigenvalue weighted by atomic mass is 35.5. The highest BCUT2D eigenvalue weighted by Crippen LogP contribution is 2.19. The fourth-order valence-corrected chi connectivity index (χ4v) is 2.77. The second-order valence-electron chi connectivity index (χ2n) is 5.71. The van der Waals surface area contributed by atoms with Crippen molar-refractivity contribution in [3.8, 4) is 5.75 Å². The van der Waals surface area contributed by atoms with E-state index in [4.69, 9.17) is 16.3 Å². The molecule has 1 heterocycles. The van der Waals surface area contributed by atoms with Crippen molar-refractivity contribution in [1.82, 2.24) is 9.88 Å². The zero-order valence-corrected chi connectivity index (χ0v) is 14.2. The van der Waals surface area contributed by atoms with Gasteiger partial charge in [-0.2, -0.15) is 0 Å². The van der Waals surface area contributed by atoms with Crippen molar-refractivity contribution in [2.75, 3.05) is 26.7 Å². The van der Waals surface area contributed by atoms with Gasteiger partial charge in [0.05, 0.1) is 6.54 Å². The van der Waals surface area contributed by atoms with Crippen molar-refractivity contribution in [2.45, 2.75) is 0 Å². The van der Waals surface area contributed by atoms with Crippen LogP contribution in [-0.2, 0) is 0 Å².